The standard InChI is InChI=1S/C24H24N2O4S/c1-15-8-16(2)10-20(9-15)30-13-18(27)12-26-14-25-21-11-22(31-23(21)24(26)28)17-4-6-19(29-3)7-5-17/h4-11,14,18,27H,12-13H2,1-3H3. The molecule has 6 nitrogen and oxygen atoms in total. The van der Waals surface area contributed by atoms with Crippen molar-refractivity contribution in [3.05, 3.63) is 76.3 Å². The Morgan fingerprint density at radius 2 is 1.77 bits per heavy atom. The van der Waals surface area contributed by atoms with Crippen molar-refractivity contribution in [1.29, 1.82) is 0 Å². The van der Waals surface area contributed by atoms with Crippen molar-refractivity contribution in [2.75, 3.05) is 13.7 Å². The maximum Gasteiger partial charge on any atom is 0.271 e. The summed E-state index contributed by atoms with van der Waals surface area (Å²) in [6, 6.07) is 15.5. The highest BCUT2D eigenvalue weighted by atomic mass is 32.1. The third-order valence-corrected chi connectivity index (χ3v) is 6.08. The maximum absolute atomic E-state index is 12.9. The topological polar surface area (TPSA) is 73.6 Å². The third-order valence-electron chi connectivity index (χ3n) is 4.92. The van der Waals surface area contributed by atoms with Crippen molar-refractivity contribution in [2.24, 2.45) is 0 Å². The molecule has 2 aromatic heterocycles. The van der Waals surface area contributed by atoms with E-state index in [9.17, 15) is 9.90 Å². The number of fused-ring (bicyclic) bond motifs is 1. The Kier molecular flexibility index (Phi) is 6.06. The van der Waals surface area contributed by atoms with Crippen molar-refractivity contribution < 1.29 is 14.6 Å². The first kappa shape index (κ1) is 21.1. The third kappa shape index (κ3) is 4.78. The molecule has 1 atom stereocenters. The number of benzene rings is 2. The molecule has 0 fully saturated rings. The van der Waals surface area contributed by atoms with Gasteiger partial charge in [-0.1, -0.05) is 6.07 Å². The Bertz CT molecular complexity index is 1240. The van der Waals surface area contributed by atoms with Crippen LogP contribution in [0, 0.1) is 13.8 Å². The van der Waals surface area contributed by atoms with Crippen LogP contribution < -0.4 is 15.0 Å². The van der Waals surface area contributed by atoms with E-state index >= 15 is 0 Å². The molecule has 31 heavy (non-hydrogen) atoms. The van der Waals surface area contributed by atoms with Gasteiger partial charge >= 0.3 is 0 Å². The van der Waals surface area contributed by atoms with Crippen LogP contribution in [0.15, 0.2) is 59.7 Å². The summed E-state index contributed by atoms with van der Waals surface area (Å²) >= 11 is 1.40. The number of aliphatic hydroxyl groups excluding tert-OH is 1. The molecule has 0 aliphatic carbocycles. The van der Waals surface area contributed by atoms with Crippen LogP contribution in [0.25, 0.3) is 20.7 Å². The van der Waals surface area contributed by atoms with E-state index in [0.29, 0.717) is 16.0 Å². The fourth-order valence-electron chi connectivity index (χ4n) is 3.46. The number of aryl methyl sites for hydroxylation is 2. The van der Waals surface area contributed by atoms with Gasteiger partial charge < -0.3 is 14.6 Å². The van der Waals surface area contributed by atoms with Crippen LogP contribution in [0.4, 0.5) is 0 Å². The Hall–Kier alpha value is -3.16. The van der Waals surface area contributed by atoms with E-state index in [0.717, 1.165) is 27.3 Å². The SMILES string of the molecule is COc1ccc(-c2cc3ncn(CC(O)COc4cc(C)cc(C)c4)c(=O)c3s2)cc1. The molecule has 4 aromatic rings. The van der Waals surface area contributed by atoms with Gasteiger partial charge in [-0.2, -0.15) is 0 Å². The lowest BCUT2D eigenvalue weighted by atomic mass is 10.1. The second-order valence-electron chi connectivity index (χ2n) is 7.54. The van der Waals surface area contributed by atoms with Crippen molar-refractivity contribution in [1.82, 2.24) is 9.55 Å². The Morgan fingerprint density at radius 3 is 2.45 bits per heavy atom. The number of thiophene rings is 1. The minimum Gasteiger partial charge on any atom is -0.497 e. The number of hydrogen-bond acceptors (Lipinski definition) is 6. The lowest BCUT2D eigenvalue weighted by Crippen LogP contribution is -2.30. The highest BCUT2D eigenvalue weighted by Crippen LogP contribution is 2.31. The highest BCUT2D eigenvalue weighted by Gasteiger charge is 2.14. The fraction of sp³-hybridized carbons (Fsp3) is 0.250. The van der Waals surface area contributed by atoms with Crippen LogP contribution in [0.3, 0.4) is 0 Å². The molecule has 4 rings (SSSR count). The summed E-state index contributed by atoms with van der Waals surface area (Å²) in [6.45, 7) is 4.20. The average Bonchev–Trinajstić information content (AvgIpc) is 3.19. The van der Waals surface area contributed by atoms with Crippen molar-refractivity contribution in [3.63, 3.8) is 0 Å². The van der Waals surface area contributed by atoms with Crippen LogP contribution in [-0.2, 0) is 6.54 Å². The molecule has 0 aliphatic heterocycles. The molecule has 2 heterocycles. The summed E-state index contributed by atoms with van der Waals surface area (Å²) in [4.78, 5) is 18.3. The van der Waals surface area contributed by atoms with Crippen LogP contribution in [0.1, 0.15) is 11.1 Å². The fourth-order valence-corrected chi connectivity index (χ4v) is 4.53. The van der Waals surface area contributed by atoms with Gasteiger partial charge in [-0.15, -0.1) is 11.3 Å². The minimum atomic E-state index is -0.834. The number of aliphatic hydroxyl groups is 1. The van der Waals surface area contributed by atoms with E-state index in [1.807, 2.05) is 56.3 Å². The van der Waals surface area contributed by atoms with E-state index in [1.165, 1.54) is 22.2 Å². The van der Waals surface area contributed by atoms with Crippen molar-refractivity contribution >= 4 is 21.6 Å². The number of hydrogen-bond donors (Lipinski definition) is 1. The van der Waals surface area contributed by atoms with Crippen LogP contribution in [-0.4, -0.2) is 34.5 Å². The minimum absolute atomic E-state index is 0.0922. The summed E-state index contributed by atoms with van der Waals surface area (Å²) in [7, 11) is 1.63. The van der Waals surface area contributed by atoms with E-state index in [2.05, 4.69) is 11.1 Å². The molecule has 160 valence electrons. The smallest absolute Gasteiger partial charge is 0.271 e. The van der Waals surface area contributed by atoms with Gasteiger partial charge in [-0.05, 0) is 73.0 Å². The maximum atomic E-state index is 12.9. The molecule has 1 N–H and O–H groups in total. The van der Waals surface area contributed by atoms with Crippen LogP contribution in [0.5, 0.6) is 11.5 Å². The zero-order valence-corrected chi connectivity index (χ0v) is 18.5. The first-order chi connectivity index (χ1) is 14.9. The number of ether oxygens (including phenoxy) is 2. The van der Waals surface area contributed by atoms with Gasteiger partial charge in [0.05, 0.1) is 25.5 Å². The summed E-state index contributed by atoms with van der Waals surface area (Å²) in [5.41, 5.74) is 3.68. The van der Waals surface area contributed by atoms with E-state index in [-0.39, 0.29) is 18.7 Å². The Labute approximate surface area is 184 Å². The quantitative estimate of drug-likeness (QED) is 0.470. The molecule has 0 aliphatic rings. The first-order valence-corrected chi connectivity index (χ1v) is 10.8. The molecule has 0 radical (unpaired) electrons. The Morgan fingerprint density at radius 1 is 1.06 bits per heavy atom. The van der Waals surface area contributed by atoms with Crippen molar-refractivity contribution in [3.8, 4) is 21.9 Å². The zero-order chi connectivity index (χ0) is 22.0. The van der Waals surface area contributed by atoms with Gasteiger partial charge in [0.2, 0.25) is 0 Å². The average molecular weight is 437 g/mol. The molecule has 7 heteroatoms. The van der Waals surface area contributed by atoms with Gasteiger partial charge in [0.25, 0.3) is 5.56 Å². The first-order valence-electron chi connectivity index (χ1n) is 9.95. The molecule has 0 amide bonds. The molecule has 0 saturated carbocycles. The molecule has 0 spiro atoms. The normalized spacial score (nSPS) is 12.1. The molecule has 0 saturated heterocycles. The van der Waals surface area contributed by atoms with Gasteiger partial charge in [0, 0.05) is 4.88 Å². The zero-order valence-electron chi connectivity index (χ0n) is 17.7. The number of methoxy groups -OCH3 is 1. The summed E-state index contributed by atoms with van der Waals surface area (Å²) in [5.74, 6) is 1.49. The Balaban J connectivity index is 1.50. The highest BCUT2D eigenvalue weighted by molar-refractivity contribution is 7.22. The summed E-state index contributed by atoms with van der Waals surface area (Å²) in [5, 5.41) is 10.4. The van der Waals surface area contributed by atoms with E-state index in [4.69, 9.17) is 9.47 Å². The van der Waals surface area contributed by atoms with Gasteiger partial charge in [-0.25, -0.2) is 4.98 Å². The molecular formula is C24H24N2O4S. The lowest BCUT2D eigenvalue weighted by Gasteiger charge is -2.14. The number of aromatic nitrogens is 2. The second kappa shape index (κ2) is 8.91. The second-order valence-corrected chi connectivity index (χ2v) is 8.60. The van der Waals surface area contributed by atoms with Crippen molar-refractivity contribution in [2.45, 2.75) is 26.5 Å². The molecule has 1 unspecified atom stereocenters. The van der Waals surface area contributed by atoms with E-state index < -0.39 is 6.10 Å². The molecule has 0 bridgehead atoms. The van der Waals surface area contributed by atoms with Crippen LogP contribution >= 0.6 is 11.3 Å². The van der Waals surface area contributed by atoms with Gasteiger partial charge in [0.15, 0.2) is 0 Å². The van der Waals surface area contributed by atoms with Crippen LogP contribution in [0.2, 0.25) is 0 Å². The predicted octanol–water partition coefficient (Wildman–Crippen LogP) is 4.19. The largest absolute Gasteiger partial charge is 0.497 e. The van der Waals surface area contributed by atoms with Gasteiger partial charge in [0.1, 0.15) is 28.9 Å². The predicted molar refractivity (Wildman–Crippen MR) is 123 cm³/mol. The molecular weight excluding hydrogens is 412 g/mol. The van der Waals surface area contributed by atoms with Gasteiger partial charge in [-0.3, -0.25) is 9.36 Å². The summed E-state index contributed by atoms with van der Waals surface area (Å²) < 4.78 is 12.9. The monoisotopic (exact) mass is 436 g/mol. The van der Waals surface area contributed by atoms with E-state index in [1.54, 1.807) is 7.11 Å². The molecule has 2 aromatic carbocycles. The lowest BCUT2D eigenvalue weighted by molar-refractivity contribution is 0.0914. The number of nitrogens with zero attached hydrogens (tertiary/aromatic N) is 2. The summed E-state index contributed by atoms with van der Waals surface area (Å²) in [6.07, 6.45) is 0.647. The number of rotatable bonds is 7.